The van der Waals surface area contributed by atoms with E-state index in [0.29, 0.717) is 22.6 Å². The average molecular weight is 377 g/mol. The fourth-order valence-corrected chi connectivity index (χ4v) is 2.60. The summed E-state index contributed by atoms with van der Waals surface area (Å²) in [4.78, 5) is 23.5. The maximum Gasteiger partial charge on any atom is 0.343 e. The van der Waals surface area contributed by atoms with Crippen LogP contribution in [0.4, 0.5) is 5.69 Å². The van der Waals surface area contributed by atoms with Crippen LogP contribution in [0.5, 0.6) is 5.75 Å². The molecule has 0 aliphatic rings. The molecule has 0 unspecified atom stereocenters. The number of anilines is 1. The largest absolute Gasteiger partial charge is 0.482 e. The molecule has 0 bridgehead atoms. The van der Waals surface area contributed by atoms with Crippen LogP contribution in [0, 0.1) is 5.41 Å². The number of nitrogens with two attached hydrogens (primary N) is 1. The molecule has 4 N–H and O–H groups in total. The number of benzene rings is 3. The third-order valence-corrected chi connectivity index (χ3v) is 4.11. The number of fused-ring (bicyclic) bond motifs is 1. The molecule has 7 nitrogen and oxygen atoms in total. The molecule has 0 heterocycles. The Morgan fingerprint density at radius 2 is 1.61 bits per heavy atom. The second-order valence-electron chi connectivity index (χ2n) is 6.03. The number of nitrogens with one attached hydrogen (secondary N) is 2. The van der Waals surface area contributed by atoms with Crippen LogP contribution in [0.25, 0.3) is 10.8 Å². The molecule has 142 valence electrons. The van der Waals surface area contributed by atoms with Crippen LogP contribution in [-0.2, 0) is 9.53 Å². The third-order valence-electron chi connectivity index (χ3n) is 4.11. The first-order chi connectivity index (χ1) is 13.5. The van der Waals surface area contributed by atoms with Crippen molar-refractivity contribution in [3.05, 3.63) is 71.8 Å². The first-order valence-electron chi connectivity index (χ1n) is 8.45. The van der Waals surface area contributed by atoms with Crippen molar-refractivity contribution in [3.63, 3.8) is 0 Å². The fraction of sp³-hybridized carbons (Fsp3) is 0.0952. The van der Waals surface area contributed by atoms with Gasteiger partial charge in [-0.3, -0.25) is 10.2 Å². The average Bonchev–Trinajstić information content (AvgIpc) is 2.71. The summed E-state index contributed by atoms with van der Waals surface area (Å²) in [6, 6.07) is 17.4. The summed E-state index contributed by atoms with van der Waals surface area (Å²) in [5.74, 6) is -0.264. The van der Waals surface area contributed by atoms with E-state index in [0.717, 1.165) is 10.8 Å². The number of rotatable bonds is 6. The van der Waals surface area contributed by atoms with Crippen molar-refractivity contribution in [1.29, 1.82) is 5.41 Å². The molecule has 0 saturated heterocycles. The second-order valence-corrected chi connectivity index (χ2v) is 6.03. The Morgan fingerprint density at radius 3 is 2.29 bits per heavy atom. The molecule has 0 fully saturated rings. The van der Waals surface area contributed by atoms with Crippen molar-refractivity contribution in [2.75, 3.05) is 19.0 Å². The van der Waals surface area contributed by atoms with E-state index in [-0.39, 0.29) is 18.3 Å². The van der Waals surface area contributed by atoms with Gasteiger partial charge in [0.15, 0.2) is 6.61 Å². The molecule has 28 heavy (non-hydrogen) atoms. The minimum absolute atomic E-state index is 0.0123. The van der Waals surface area contributed by atoms with Gasteiger partial charge in [0.2, 0.25) is 0 Å². The highest BCUT2D eigenvalue weighted by atomic mass is 16.6. The Bertz CT molecular complexity index is 1050. The molecule has 0 aliphatic heterocycles. The van der Waals surface area contributed by atoms with Crippen LogP contribution < -0.4 is 15.8 Å². The number of carbonyl (C=O) groups excluding carboxylic acids is 2. The molecule has 0 aliphatic carbocycles. The molecule has 0 aromatic heterocycles. The lowest BCUT2D eigenvalue weighted by Gasteiger charge is -2.09. The number of ether oxygens (including phenoxy) is 2. The van der Waals surface area contributed by atoms with E-state index < -0.39 is 5.97 Å². The standard InChI is InChI=1S/C21H19N3O4/c1-27-19(25)12-28-18-8-5-13(6-9-18)21(26)24-17-7-4-14-10-16(20(22)23)3-2-15(14)11-17/h2-11H,12H2,1H3,(H3,22,23)(H,24,26). The number of esters is 1. The number of methoxy groups -OCH3 is 1. The van der Waals surface area contributed by atoms with E-state index in [1.165, 1.54) is 7.11 Å². The van der Waals surface area contributed by atoms with Crippen molar-refractivity contribution in [1.82, 2.24) is 0 Å². The Balaban J connectivity index is 1.69. The number of nitrogen functional groups attached to an aromatic ring is 1. The van der Waals surface area contributed by atoms with Gasteiger partial charge in [0.1, 0.15) is 11.6 Å². The van der Waals surface area contributed by atoms with Gasteiger partial charge in [0.05, 0.1) is 7.11 Å². The SMILES string of the molecule is COC(=O)COc1ccc(C(=O)Nc2ccc3cc(C(=N)N)ccc3c2)cc1. The number of hydrogen-bond acceptors (Lipinski definition) is 5. The second kappa shape index (κ2) is 8.22. The van der Waals surface area contributed by atoms with Crippen molar-refractivity contribution in [3.8, 4) is 5.75 Å². The molecular weight excluding hydrogens is 358 g/mol. The quantitative estimate of drug-likeness (QED) is 0.347. The topological polar surface area (TPSA) is 114 Å². The predicted molar refractivity (Wildman–Crippen MR) is 107 cm³/mol. The van der Waals surface area contributed by atoms with Gasteiger partial charge in [-0.25, -0.2) is 4.79 Å². The van der Waals surface area contributed by atoms with Crippen LogP contribution in [-0.4, -0.2) is 31.4 Å². The minimum atomic E-state index is -0.478. The van der Waals surface area contributed by atoms with Gasteiger partial charge >= 0.3 is 5.97 Å². The highest BCUT2D eigenvalue weighted by molar-refractivity contribution is 6.05. The lowest BCUT2D eigenvalue weighted by Crippen LogP contribution is -2.13. The lowest BCUT2D eigenvalue weighted by molar-refractivity contribution is -0.142. The third kappa shape index (κ3) is 4.45. The Labute approximate surface area is 161 Å². The summed E-state index contributed by atoms with van der Waals surface area (Å²) < 4.78 is 9.76. The Kier molecular flexibility index (Phi) is 5.55. The van der Waals surface area contributed by atoms with E-state index in [2.05, 4.69) is 10.1 Å². The van der Waals surface area contributed by atoms with Crippen LogP contribution in [0.15, 0.2) is 60.7 Å². The molecule has 0 atom stereocenters. The van der Waals surface area contributed by atoms with Gasteiger partial charge in [-0.15, -0.1) is 0 Å². The smallest absolute Gasteiger partial charge is 0.343 e. The monoisotopic (exact) mass is 377 g/mol. The lowest BCUT2D eigenvalue weighted by atomic mass is 10.1. The highest BCUT2D eigenvalue weighted by Crippen LogP contribution is 2.21. The van der Waals surface area contributed by atoms with Crippen molar-refractivity contribution in [2.24, 2.45) is 5.73 Å². The molecule has 3 aromatic rings. The van der Waals surface area contributed by atoms with Gasteiger partial charge in [-0.2, -0.15) is 0 Å². The summed E-state index contributed by atoms with van der Waals surface area (Å²) in [6.45, 7) is -0.190. The zero-order chi connectivity index (χ0) is 20.1. The van der Waals surface area contributed by atoms with Gasteiger partial charge < -0.3 is 20.5 Å². The van der Waals surface area contributed by atoms with Crippen molar-refractivity contribution in [2.45, 2.75) is 0 Å². The molecular formula is C21H19N3O4. The minimum Gasteiger partial charge on any atom is -0.482 e. The van der Waals surface area contributed by atoms with Gasteiger partial charge in [-0.1, -0.05) is 18.2 Å². The van der Waals surface area contributed by atoms with Crippen LogP contribution in [0.1, 0.15) is 15.9 Å². The molecule has 3 rings (SSSR count). The van der Waals surface area contributed by atoms with E-state index in [4.69, 9.17) is 15.9 Å². The Morgan fingerprint density at radius 1 is 0.964 bits per heavy atom. The zero-order valence-corrected chi connectivity index (χ0v) is 15.2. The molecule has 0 radical (unpaired) electrons. The maximum atomic E-state index is 12.4. The van der Waals surface area contributed by atoms with E-state index in [1.807, 2.05) is 24.3 Å². The molecule has 7 heteroatoms. The molecule has 1 amide bonds. The van der Waals surface area contributed by atoms with E-state index in [9.17, 15) is 9.59 Å². The maximum absolute atomic E-state index is 12.4. The normalized spacial score (nSPS) is 10.3. The number of hydrogen-bond donors (Lipinski definition) is 3. The summed E-state index contributed by atoms with van der Waals surface area (Å²) in [5.41, 5.74) is 7.27. The first-order valence-corrected chi connectivity index (χ1v) is 8.45. The van der Waals surface area contributed by atoms with E-state index >= 15 is 0 Å². The fourth-order valence-electron chi connectivity index (χ4n) is 2.60. The molecule has 0 saturated carbocycles. The van der Waals surface area contributed by atoms with Crippen LogP contribution in [0.3, 0.4) is 0 Å². The molecule has 0 spiro atoms. The van der Waals surface area contributed by atoms with Gasteiger partial charge in [0.25, 0.3) is 5.91 Å². The summed E-state index contributed by atoms with van der Waals surface area (Å²) >= 11 is 0. The summed E-state index contributed by atoms with van der Waals surface area (Å²) in [5, 5.41) is 12.2. The summed E-state index contributed by atoms with van der Waals surface area (Å²) in [6.07, 6.45) is 0. The van der Waals surface area contributed by atoms with Gasteiger partial charge in [0, 0.05) is 16.8 Å². The van der Waals surface area contributed by atoms with Gasteiger partial charge in [-0.05, 0) is 53.2 Å². The summed E-state index contributed by atoms with van der Waals surface area (Å²) in [7, 11) is 1.29. The van der Waals surface area contributed by atoms with Crippen molar-refractivity contribution < 1.29 is 19.1 Å². The van der Waals surface area contributed by atoms with Crippen molar-refractivity contribution >= 4 is 34.2 Å². The Hall–Kier alpha value is -3.87. The number of amidine groups is 1. The predicted octanol–water partition coefficient (Wildman–Crippen LogP) is 2.93. The molecule has 3 aromatic carbocycles. The number of amides is 1. The van der Waals surface area contributed by atoms with E-state index in [1.54, 1.807) is 36.4 Å². The number of carbonyl (C=O) groups is 2. The van der Waals surface area contributed by atoms with Crippen LogP contribution >= 0.6 is 0 Å². The first kappa shape index (κ1) is 18.9. The zero-order valence-electron chi connectivity index (χ0n) is 15.2. The highest BCUT2D eigenvalue weighted by Gasteiger charge is 2.08. The van der Waals surface area contributed by atoms with Crippen LogP contribution in [0.2, 0.25) is 0 Å².